The number of ether oxygens (including phenoxy) is 1. The fraction of sp³-hybridized carbons (Fsp3) is 1.00. The number of unbranched alkanes of at least 4 members (excludes halogenated alkanes) is 1. The fourth-order valence-corrected chi connectivity index (χ4v) is 2.33. The Morgan fingerprint density at radius 1 is 1.29 bits per heavy atom. The van der Waals surface area contributed by atoms with Gasteiger partial charge in [0, 0.05) is 18.7 Å². The van der Waals surface area contributed by atoms with Gasteiger partial charge in [0.25, 0.3) is 0 Å². The molecule has 1 spiro atoms. The maximum Gasteiger partial charge on any atom is 0.0651 e. The van der Waals surface area contributed by atoms with Crippen molar-refractivity contribution in [2.45, 2.75) is 52.0 Å². The van der Waals surface area contributed by atoms with Crippen molar-refractivity contribution >= 4 is 0 Å². The molecule has 1 unspecified atom stereocenters. The Morgan fingerprint density at radius 2 is 2.07 bits per heavy atom. The predicted molar refractivity (Wildman–Crippen MR) is 60.6 cm³/mol. The van der Waals surface area contributed by atoms with Gasteiger partial charge in [0.15, 0.2) is 0 Å². The zero-order chi connectivity index (χ0) is 10.4. The lowest BCUT2D eigenvalue weighted by Gasteiger charge is -2.50. The highest BCUT2D eigenvalue weighted by Crippen LogP contribution is 2.37. The van der Waals surface area contributed by atoms with E-state index in [2.05, 4.69) is 11.8 Å². The van der Waals surface area contributed by atoms with Crippen LogP contribution >= 0.6 is 0 Å². The lowest BCUT2D eigenvalue weighted by atomic mass is 9.84. The van der Waals surface area contributed by atoms with E-state index in [1.807, 2.05) is 13.8 Å². The van der Waals surface area contributed by atoms with Crippen molar-refractivity contribution in [2.24, 2.45) is 0 Å². The summed E-state index contributed by atoms with van der Waals surface area (Å²) in [6.07, 6.45) is 5.31. The van der Waals surface area contributed by atoms with E-state index >= 15 is 0 Å². The Morgan fingerprint density at radius 3 is 2.50 bits per heavy atom. The van der Waals surface area contributed by atoms with Crippen LogP contribution in [0.2, 0.25) is 0 Å². The maximum atomic E-state index is 5.47. The summed E-state index contributed by atoms with van der Waals surface area (Å²) in [5.41, 5.74) is 0.495. The van der Waals surface area contributed by atoms with Gasteiger partial charge in [0.2, 0.25) is 0 Å². The molecule has 1 atom stereocenters. The Balaban J connectivity index is 0.000000461. The molecule has 2 nitrogen and oxygen atoms in total. The third-order valence-electron chi connectivity index (χ3n) is 3.38. The first-order valence-electron chi connectivity index (χ1n) is 6.20. The fourth-order valence-electron chi connectivity index (χ4n) is 2.33. The van der Waals surface area contributed by atoms with Gasteiger partial charge in [0.05, 0.1) is 6.61 Å². The summed E-state index contributed by atoms with van der Waals surface area (Å²) in [5.74, 6) is 0. The van der Waals surface area contributed by atoms with Crippen molar-refractivity contribution in [1.82, 2.24) is 4.90 Å². The number of hydrogen-bond acceptors (Lipinski definition) is 2. The molecule has 0 N–H and O–H groups in total. The summed E-state index contributed by atoms with van der Waals surface area (Å²) >= 11 is 0. The van der Waals surface area contributed by atoms with Crippen LogP contribution in [0.1, 0.15) is 46.5 Å². The molecule has 2 rings (SSSR count). The first-order valence-corrected chi connectivity index (χ1v) is 6.20. The molecule has 0 amide bonds. The predicted octanol–water partition coefficient (Wildman–Crippen LogP) is 2.68. The molecular formula is C12H25NO. The van der Waals surface area contributed by atoms with E-state index in [0.717, 1.165) is 13.2 Å². The molecular weight excluding hydrogens is 174 g/mol. The van der Waals surface area contributed by atoms with E-state index in [-0.39, 0.29) is 0 Å². The van der Waals surface area contributed by atoms with Crippen molar-refractivity contribution in [3.63, 3.8) is 0 Å². The van der Waals surface area contributed by atoms with Gasteiger partial charge in [-0.1, -0.05) is 27.2 Å². The molecule has 0 aliphatic carbocycles. The quantitative estimate of drug-likeness (QED) is 0.693. The van der Waals surface area contributed by atoms with E-state index in [0.29, 0.717) is 5.54 Å². The minimum atomic E-state index is 0.495. The van der Waals surface area contributed by atoms with Gasteiger partial charge < -0.3 is 4.74 Å². The molecule has 0 aromatic carbocycles. The molecule has 2 heteroatoms. The Hall–Kier alpha value is -0.0800. The molecule has 2 saturated heterocycles. The summed E-state index contributed by atoms with van der Waals surface area (Å²) in [4.78, 5) is 2.63. The van der Waals surface area contributed by atoms with Gasteiger partial charge in [-0.15, -0.1) is 0 Å². The topological polar surface area (TPSA) is 12.5 Å². The molecule has 2 aliphatic heterocycles. The lowest BCUT2D eigenvalue weighted by Crippen LogP contribution is -2.60. The zero-order valence-corrected chi connectivity index (χ0v) is 10.0. The highest BCUT2D eigenvalue weighted by molar-refractivity contribution is 5.01. The van der Waals surface area contributed by atoms with Crippen LogP contribution in [-0.2, 0) is 4.74 Å². The normalized spacial score (nSPS) is 31.1. The van der Waals surface area contributed by atoms with Gasteiger partial charge >= 0.3 is 0 Å². The van der Waals surface area contributed by atoms with Crippen LogP contribution < -0.4 is 0 Å². The molecule has 0 saturated carbocycles. The molecule has 14 heavy (non-hydrogen) atoms. The van der Waals surface area contributed by atoms with Gasteiger partial charge in [0.1, 0.15) is 0 Å². The summed E-state index contributed by atoms with van der Waals surface area (Å²) < 4.78 is 5.47. The standard InChI is InChI=1S/C10H19NO.C2H6/c1-2-3-6-11-7-4-10(11)5-8-12-9-10;1-2/h2-9H2,1H3;1-2H3. The molecule has 84 valence electrons. The lowest BCUT2D eigenvalue weighted by molar-refractivity contribution is -0.0212. The van der Waals surface area contributed by atoms with Crippen LogP contribution in [0, 0.1) is 0 Å². The largest absolute Gasteiger partial charge is 0.379 e. The van der Waals surface area contributed by atoms with E-state index in [1.165, 1.54) is 38.8 Å². The molecule has 2 fully saturated rings. The van der Waals surface area contributed by atoms with Crippen LogP contribution in [0.3, 0.4) is 0 Å². The second-order valence-electron chi connectivity index (χ2n) is 4.12. The molecule has 2 heterocycles. The zero-order valence-electron chi connectivity index (χ0n) is 10.0. The van der Waals surface area contributed by atoms with Gasteiger partial charge in [-0.25, -0.2) is 0 Å². The van der Waals surface area contributed by atoms with Crippen molar-refractivity contribution in [3.8, 4) is 0 Å². The van der Waals surface area contributed by atoms with E-state index in [1.54, 1.807) is 0 Å². The smallest absolute Gasteiger partial charge is 0.0651 e. The number of rotatable bonds is 3. The monoisotopic (exact) mass is 199 g/mol. The van der Waals surface area contributed by atoms with Crippen LogP contribution in [0.15, 0.2) is 0 Å². The molecule has 2 aliphatic rings. The van der Waals surface area contributed by atoms with Crippen molar-refractivity contribution < 1.29 is 4.74 Å². The summed E-state index contributed by atoms with van der Waals surface area (Å²) in [7, 11) is 0. The minimum absolute atomic E-state index is 0.495. The van der Waals surface area contributed by atoms with E-state index < -0.39 is 0 Å². The number of likely N-dealkylation sites (tertiary alicyclic amines) is 1. The highest BCUT2D eigenvalue weighted by atomic mass is 16.5. The Labute approximate surface area is 88.6 Å². The second kappa shape index (κ2) is 5.72. The van der Waals surface area contributed by atoms with Gasteiger partial charge in [-0.3, -0.25) is 4.90 Å². The number of nitrogens with zero attached hydrogens (tertiary/aromatic N) is 1. The van der Waals surface area contributed by atoms with Gasteiger partial charge in [-0.2, -0.15) is 0 Å². The van der Waals surface area contributed by atoms with Crippen LogP contribution in [-0.4, -0.2) is 36.7 Å². The Kier molecular flexibility index (Phi) is 4.90. The van der Waals surface area contributed by atoms with Crippen molar-refractivity contribution in [3.05, 3.63) is 0 Å². The van der Waals surface area contributed by atoms with Crippen LogP contribution in [0.25, 0.3) is 0 Å². The Bertz CT molecular complexity index is 152. The average molecular weight is 199 g/mol. The maximum absolute atomic E-state index is 5.47. The average Bonchev–Trinajstić information content (AvgIpc) is 2.71. The molecule has 0 radical (unpaired) electrons. The summed E-state index contributed by atoms with van der Waals surface area (Å²) in [6, 6.07) is 0. The SMILES string of the molecule is CC.CCCCN1CCC12CCOC2. The molecule has 0 aromatic heterocycles. The molecule has 0 aromatic rings. The van der Waals surface area contributed by atoms with Crippen molar-refractivity contribution in [2.75, 3.05) is 26.3 Å². The van der Waals surface area contributed by atoms with Crippen LogP contribution in [0.5, 0.6) is 0 Å². The first-order chi connectivity index (χ1) is 6.87. The third-order valence-corrected chi connectivity index (χ3v) is 3.38. The van der Waals surface area contributed by atoms with Crippen LogP contribution in [0.4, 0.5) is 0 Å². The van der Waals surface area contributed by atoms with E-state index in [9.17, 15) is 0 Å². The molecule has 0 bridgehead atoms. The van der Waals surface area contributed by atoms with E-state index in [4.69, 9.17) is 4.74 Å². The summed E-state index contributed by atoms with van der Waals surface area (Å²) in [5, 5.41) is 0. The number of hydrogen-bond donors (Lipinski definition) is 0. The van der Waals surface area contributed by atoms with Gasteiger partial charge in [-0.05, 0) is 25.8 Å². The summed E-state index contributed by atoms with van der Waals surface area (Å²) in [6.45, 7) is 10.8. The highest BCUT2D eigenvalue weighted by Gasteiger charge is 2.46. The van der Waals surface area contributed by atoms with Crippen molar-refractivity contribution in [1.29, 1.82) is 0 Å². The third kappa shape index (κ3) is 2.29. The first kappa shape index (κ1) is 12.0. The minimum Gasteiger partial charge on any atom is -0.379 e. The second-order valence-corrected chi connectivity index (χ2v) is 4.12.